The molecular weight excluding hydrogens is 407 g/mol. The molecule has 2 aromatic carbocycles. The Kier molecular flexibility index (Phi) is 5.71. The average molecular weight is 426 g/mol. The highest BCUT2D eigenvalue weighted by Gasteiger charge is 2.35. The molecule has 0 radical (unpaired) electrons. The van der Waals surface area contributed by atoms with Gasteiger partial charge in [0, 0.05) is 31.1 Å². The fourth-order valence-corrected chi connectivity index (χ4v) is 4.05. The predicted molar refractivity (Wildman–Crippen MR) is 111 cm³/mol. The molecule has 0 saturated carbocycles. The van der Waals surface area contributed by atoms with Crippen LogP contribution in [0.2, 0.25) is 0 Å². The zero-order chi connectivity index (χ0) is 21.1. The maximum absolute atomic E-state index is 13.0. The first kappa shape index (κ1) is 20.0. The number of halogens is 1. The fourth-order valence-electron chi connectivity index (χ4n) is 3.27. The maximum Gasteiger partial charge on any atom is 0.231 e. The number of hydrogen-bond acceptors (Lipinski definition) is 6. The molecule has 4 rings (SSSR count). The first-order valence-electron chi connectivity index (χ1n) is 9.34. The number of methoxy groups -OCH3 is 1. The lowest BCUT2D eigenvalue weighted by molar-refractivity contribution is -0.122. The summed E-state index contributed by atoms with van der Waals surface area (Å²) in [6.07, 6.45) is 0.629. The molecular formula is C21H19FN4O3S. The number of carbonyl (C=O) groups is 2. The summed E-state index contributed by atoms with van der Waals surface area (Å²) < 4.78 is 18.2. The molecule has 30 heavy (non-hydrogen) atoms. The van der Waals surface area contributed by atoms with E-state index in [1.165, 1.54) is 23.5 Å². The van der Waals surface area contributed by atoms with Crippen molar-refractivity contribution < 1.29 is 18.7 Å². The monoisotopic (exact) mass is 426 g/mol. The lowest BCUT2D eigenvalue weighted by Gasteiger charge is -2.17. The van der Waals surface area contributed by atoms with E-state index in [4.69, 9.17) is 4.74 Å². The summed E-state index contributed by atoms with van der Waals surface area (Å²) >= 11 is 1.26. The summed E-state index contributed by atoms with van der Waals surface area (Å²) in [5, 5.41) is 11.9. The number of nitrogens with zero attached hydrogens (tertiary/aromatic N) is 3. The molecule has 1 N–H and O–H groups in total. The zero-order valence-corrected chi connectivity index (χ0v) is 17.0. The summed E-state index contributed by atoms with van der Waals surface area (Å²) in [5.74, 6) is -0.502. The van der Waals surface area contributed by atoms with Gasteiger partial charge in [-0.2, -0.15) is 0 Å². The van der Waals surface area contributed by atoms with Gasteiger partial charge >= 0.3 is 0 Å². The molecule has 7 nitrogen and oxygen atoms in total. The van der Waals surface area contributed by atoms with Crippen LogP contribution in [-0.2, 0) is 16.0 Å². The van der Waals surface area contributed by atoms with Crippen molar-refractivity contribution >= 4 is 34.0 Å². The second kappa shape index (κ2) is 8.58. The topological polar surface area (TPSA) is 84.4 Å². The molecule has 1 aromatic heterocycles. The number of nitrogens with one attached hydrogen (secondary N) is 1. The number of anilines is 2. The molecule has 2 amide bonds. The van der Waals surface area contributed by atoms with Crippen LogP contribution >= 0.6 is 11.3 Å². The number of carbonyl (C=O) groups excluding carboxylic acids is 2. The van der Waals surface area contributed by atoms with Gasteiger partial charge in [0.2, 0.25) is 16.9 Å². The molecule has 1 aliphatic rings. The number of aromatic nitrogens is 2. The molecule has 0 unspecified atom stereocenters. The van der Waals surface area contributed by atoms with Gasteiger partial charge in [0.15, 0.2) is 0 Å². The van der Waals surface area contributed by atoms with E-state index in [9.17, 15) is 14.0 Å². The molecule has 2 heterocycles. The van der Waals surface area contributed by atoms with Crippen LogP contribution in [-0.4, -0.2) is 35.7 Å². The second-order valence-electron chi connectivity index (χ2n) is 6.90. The Labute approximate surface area is 176 Å². The summed E-state index contributed by atoms with van der Waals surface area (Å²) in [6, 6.07) is 13.3. The smallest absolute Gasteiger partial charge is 0.231 e. The number of rotatable bonds is 6. The van der Waals surface area contributed by atoms with Crippen molar-refractivity contribution in [2.45, 2.75) is 12.8 Å². The molecule has 1 saturated heterocycles. The Bertz CT molecular complexity index is 1070. The lowest BCUT2D eigenvalue weighted by Crippen LogP contribution is -2.28. The first-order valence-corrected chi connectivity index (χ1v) is 10.2. The third kappa shape index (κ3) is 4.46. The van der Waals surface area contributed by atoms with Crippen molar-refractivity contribution in [1.29, 1.82) is 0 Å². The minimum absolute atomic E-state index is 0.113. The van der Waals surface area contributed by atoms with E-state index >= 15 is 0 Å². The van der Waals surface area contributed by atoms with Crippen LogP contribution in [0.4, 0.5) is 15.2 Å². The highest BCUT2D eigenvalue weighted by molar-refractivity contribution is 7.15. The number of hydrogen-bond donors (Lipinski definition) is 1. The predicted octanol–water partition coefficient (Wildman–Crippen LogP) is 3.27. The third-order valence-electron chi connectivity index (χ3n) is 4.83. The Morgan fingerprint density at radius 2 is 2.07 bits per heavy atom. The Morgan fingerprint density at radius 1 is 1.27 bits per heavy atom. The maximum atomic E-state index is 13.0. The average Bonchev–Trinajstić information content (AvgIpc) is 3.36. The summed E-state index contributed by atoms with van der Waals surface area (Å²) in [7, 11) is 1.56. The molecule has 154 valence electrons. The number of benzene rings is 2. The van der Waals surface area contributed by atoms with E-state index in [1.54, 1.807) is 42.3 Å². The van der Waals surface area contributed by atoms with Gasteiger partial charge in [-0.1, -0.05) is 29.5 Å². The van der Waals surface area contributed by atoms with Gasteiger partial charge in [-0.25, -0.2) is 4.39 Å². The van der Waals surface area contributed by atoms with Crippen LogP contribution in [0.1, 0.15) is 17.0 Å². The molecule has 0 aliphatic carbocycles. The number of amides is 2. The molecule has 1 atom stereocenters. The molecule has 0 bridgehead atoms. The van der Waals surface area contributed by atoms with E-state index in [0.717, 1.165) is 5.56 Å². The van der Waals surface area contributed by atoms with Crippen molar-refractivity contribution in [2.24, 2.45) is 5.92 Å². The SMILES string of the molecule is COc1cccc(N2C[C@@H](C(=O)Nc3nnc(Cc4ccc(F)cc4)s3)CC2=O)c1. The van der Waals surface area contributed by atoms with E-state index in [1.807, 2.05) is 6.07 Å². The van der Waals surface area contributed by atoms with Gasteiger partial charge in [0.25, 0.3) is 0 Å². The van der Waals surface area contributed by atoms with Crippen LogP contribution in [0, 0.1) is 11.7 Å². The number of ether oxygens (including phenoxy) is 1. The summed E-state index contributed by atoms with van der Waals surface area (Å²) in [4.78, 5) is 26.7. The Balaban J connectivity index is 1.38. The van der Waals surface area contributed by atoms with Crippen LogP contribution in [0.5, 0.6) is 5.75 Å². The molecule has 3 aromatic rings. The highest BCUT2D eigenvalue weighted by atomic mass is 32.1. The molecule has 9 heteroatoms. The van der Waals surface area contributed by atoms with Crippen LogP contribution in [0.25, 0.3) is 0 Å². The molecule has 1 aliphatic heterocycles. The largest absolute Gasteiger partial charge is 0.497 e. The molecule has 0 spiro atoms. The minimum atomic E-state index is -0.479. The Hall–Kier alpha value is -3.33. The fraction of sp³-hybridized carbons (Fsp3) is 0.238. The van der Waals surface area contributed by atoms with Crippen LogP contribution in [0.15, 0.2) is 48.5 Å². The van der Waals surface area contributed by atoms with Crippen molar-refractivity contribution in [1.82, 2.24) is 10.2 Å². The third-order valence-corrected chi connectivity index (χ3v) is 5.67. The lowest BCUT2D eigenvalue weighted by atomic mass is 10.1. The zero-order valence-electron chi connectivity index (χ0n) is 16.2. The summed E-state index contributed by atoms with van der Waals surface area (Å²) in [6.45, 7) is 0.291. The van der Waals surface area contributed by atoms with Gasteiger partial charge in [-0.15, -0.1) is 10.2 Å². The van der Waals surface area contributed by atoms with Crippen molar-refractivity contribution in [3.05, 3.63) is 64.9 Å². The van der Waals surface area contributed by atoms with Gasteiger partial charge < -0.3 is 15.0 Å². The van der Waals surface area contributed by atoms with Gasteiger partial charge in [0.05, 0.1) is 13.0 Å². The van der Waals surface area contributed by atoms with Crippen LogP contribution in [0.3, 0.4) is 0 Å². The van der Waals surface area contributed by atoms with E-state index in [2.05, 4.69) is 15.5 Å². The highest BCUT2D eigenvalue weighted by Crippen LogP contribution is 2.29. The standard InChI is InChI=1S/C21H19FN4O3S/c1-29-17-4-2-3-16(11-17)26-12-14(10-19(26)27)20(28)23-21-25-24-18(30-21)9-13-5-7-15(22)8-6-13/h2-8,11,14H,9-10,12H2,1H3,(H,23,25,28)/t14-/m0/s1. The first-order chi connectivity index (χ1) is 14.5. The Morgan fingerprint density at radius 3 is 2.83 bits per heavy atom. The molecule has 1 fully saturated rings. The van der Waals surface area contributed by atoms with Crippen molar-refractivity contribution in [3.8, 4) is 5.75 Å². The van der Waals surface area contributed by atoms with Gasteiger partial charge in [-0.05, 0) is 29.8 Å². The minimum Gasteiger partial charge on any atom is -0.497 e. The van der Waals surface area contributed by atoms with E-state index < -0.39 is 5.92 Å². The quantitative estimate of drug-likeness (QED) is 0.654. The second-order valence-corrected chi connectivity index (χ2v) is 7.96. The van der Waals surface area contributed by atoms with E-state index in [0.29, 0.717) is 34.5 Å². The van der Waals surface area contributed by atoms with Crippen molar-refractivity contribution in [2.75, 3.05) is 23.9 Å². The van der Waals surface area contributed by atoms with E-state index in [-0.39, 0.29) is 24.1 Å². The summed E-state index contributed by atoms with van der Waals surface area (Å²) in [5.41, 5.74) is 1.60. The van der Waals surface area contributed by atoms with Crippen LogP contribution < -0.4 is 15.0 Å². The van der Waals surface area contributed by atoms with Gasteiger partial charge in [0.1, 0.15) is 16.6 Å². The normalized spacial score (nSPS) is 16.0. The van der Waals surface area contributed by atoms with Gasteiger partial charge in [-0.3, -0.25) is 9.59 Å². The van der Waals surface area contributed by atoms with Crippen molar-refractivity contribution in [3.63, 3.8) is 0 Å².